The van der Waals surface area contributed by atoms with Crippen molar-refractivity contribution in [2.75, 3.05) is 5.32 Å². The van der Waals surface area contributed by atoms with Gasteiger partial charge in [-0.2, -0.15) is 0 Å². The lowest BCUT2D eigenvalue weighted by atomic mass is 10.2. The van der Waals surface area contributed by atoms with Gasteiger partial charge in [-0.3, -0.25) is 4.79 Å². The topological polar surface area (TPSA) is 73.0 Å². The number of carbonyl (C=O) groups excluding carboxylic acids is 1. The molecule has 0 unspecified atom stereocenters. The molecular formula is C20H17FN4O2. The van der Waals surface area contributed by atoms with Gasteiger partial charge >= 0.3 is 0 Å². The molecule has 0 radical (unpaired) electrons. The predicted octanol–water partition coefficient (Wildman–Crippen LogP) is 4.03. The number of carbonyl (C=O) groups is 1. The lowest BCUT2D eigenvalue weighted by Gasteiger charge is -2.10. The molecule has 0 saturated heterocycles. The Balaban J connectivity index is 1.68. The Morgan fingerprint density at radius 1 is 1.15 bits per heavy atom. The number of aromatic nitrogens is 3. The van der Waals surface area contributed by atoms with Gasteiger partial charge in [0.25, 0.3) is 5.89 Å². The number of fused-ring (bicyclic) bond motifs is 1. The maximum atomic E-state index is 13.0. The van der Waals surface area contributed by atoms with Gasteiger partial charge in [0.15, 0.2) is 0 Å². The summed E-state index contributed by atoms with van der Waals surface area (Å²) in [6.45, 7) is 1.99. The summed E-state index contributed by atoms with van der Waals surface area (Å²) in [5, 5.41) is 11.9. The smallest absolute Gasteiger partial charge is 0.264 e. The number of aryl methyl sites for hydroxylation is 1. The quantitative estimate of drug-likeness (QED) is 0.580. The largest absolute Gasteiger partial charge is 0.419 e. The molecule has 0 aliphatic heterocycles. The SMILES string of the molecule is CCc1nnc(-c2cc3ccccc3n2CC(=O)Nc2ccc(F)cc2)o1. The minimum atomic E-state index is -0.352. The van der Waals surface area contributed by atoms with Gasteiger partial charge in [0, 0.05) is 23.0 Å². The fraction of sp³-hybridized carbons (Fsp3) is 0.150. The van der Waals surface area contributed by atoms with Crippen molar-refractivity contribution in [1.29, 1.82) is 0 Å². The van der Waals surface area contributed by atoms with Crippen LogP contribution < -0.4 is 5.32 Å². The fourth-order valence-corrected chi connectivity index (χ4v) is 2.94. The molecule has 0 saturated carbocycles. The second kappa shape index (κ2) is 7.03. The molecule has 0 aliphatic carbocycles. The van der Waals surface area contributed by atoms with E-state index >= 15 is 0 Å². The van der Waals surface area contributed by atoms with E-state index in [0.717, 1.165) is 10.9 Å². The lowest BCUT2D eigenvalue weighted by molar-refractivity contribution is -0.116. The van der Waals surface area contributed by atoms with Crippen LogP contribution >= 0.6 is 0 Å². The third kappa shape index (κ3) is 3.44. The van der Waals surface area contributed by atoms with E-state index in [2.05, 4.69) is 15.5 Å². The Kier molecular flexibility index (Phi) is 4.42. The third-order valence-electron chi connectivity index (χ3n) is 4.23. The highest BCUT2D eigenvalue weighted by atomic mass is 19.1. The summed E-state index contributed by atoms with van der Waals surface area (Å²) < 4.78 is 20.6. The molecule has 136 valence electrons. The molecule has 4 rings (SSSR count). The summed E-state index contributed by atoms with van der Waals surface area (Å²) in [7, 11) is 0. The number of nitrogens with zero attached hydrogens (tertiary/aromatic N) is 3. The van der Waals surface area contributed by atoms with Crippen molar-refractivity contribution in [2.45, 2.75) is 19.9 Å². The number of para-hydroxylation sites is 1. The maximum Gasteiger partial charge on any atom is 0.264 e. The van der Waals surface area contributed by atoms with Crippen molar-refractivity contribution in [3.05, 3.63) is 66.3 Å². The van der Waals surface area contributed by atoms with Crippen LogP contribution in [0.4, 0.5) is 10.1 Å². The molecule has 7 heteroatoms. The summed E-state index contributed by atoms with van der Waals surface area (Å²) in [5.74, 6) is 0.324. The van der Waals surface area contributed by atoms with Crippen LogP contribution in [0.1, 0.15) is 12.8 Å². The monoisotopic (exact) mass is 364 g/mol. The summed E-state index contributed by atoms with van der Waals surface area (Å²) >= 11 is 0. The van der Waals surface area contributed by atoms with E-state index in [1.54, 1.807) is 0 Å². The molecule has 4 aromatic rings. The van der Waals surface area contributed by atoms with E-state index in [4.69, 9.17) is 4.42 Å². The van der Waals surface area contributed by atoms with E-state index in [1.165, 1.54) is 24.3 Å². The minimum Gasteiger partial charge on any atom is -0.419 e. The standard InChI is InChI=1S/C20H17FN4O2/c1-2-19-23-24-20(27-19)17-11-13-5-3-4-6-16(13)25(17)12-18(26)22-15-9-7-14(21)8-10-15/h3-11H,2,12H2,1H3,(H,22,26). The van der Waals surface area contributed by atoms with E-state index in [-0.39, 0.29) is 18.3 Å². The van der Waals surface area contributed by atoms with Gasteiger partial charge in [-0.25, -0.2) is 4.39 Å². The van der Waals surface area contributed by atoms with Gasteiger partial charge in [-0.15, -0.1) is 10.2 Å². The number of nitrogens with one attached hydrogen (secondary N) is 1. The van der Waals surface area contributed by atoms with Crippen LogP contribution in [0, 0.1) is 5.82 Å². The number of rotatable bonds is 5. The van der Waals surface area contributed by atoms with E-state index < -0.39 is 0 Å². The highest BCUT2D eigenvalue weighted by Crippen LogP contribution is 2.27. The first-order valence-electron chi connectivity index (χ1n) is 8.60. The second-order valence-corrected chi connectivity index (χ2v) is 6.08. The van der Waals surface area contributed by atoms with Crippen LogP contribution in [0.5, 0.6) is 0 Å². The number of benzene rings is 2. The van der Waals surface area contributed by atoms with Crippen LogP contribution in [0.25, 0.3) is 22.5 Å². The van der Waals surface area contributed by atoms with Crippen LogP contribution in [0.2, 0.25) is 0 Å². The van der Waals surface area contributed by atoms with Crippen molar-refractivity contribution in [2.24, 2.45) is 0 Å². The average Bonchev–Trinajstić information content (AvgIpc) is 3.28. The summed E-state index contributed by atoms with van der Waals surface area (Å²) in [6, 6.07) is 15.3. The summed E-state index contributed by atoms with van der Waals surface area (Å²) in [5.41, 5.74) is 2.10. The zero-order valence-corrected chi connectivity index (χ0v) is 14.6. The molecule has 1 amide bonds. The predicted molar refractivity (Wildman–Crippen MR) is 99.6 cm³/mol. The summed E-state index contributed by atoms with van der Waals surface area (Å²) in [4.78, 5) is 12.6. The van der Waals surface area contributed by atoms with Gasteiger partial charge in [-0.05, 0) is 36.4 Å². The normalized spacial score (nSPS) is 11.0. The molecule has 0 aliphatic rings. The first-order chi connectivity index (χ1) is 13.1. The van der Waals surface area contributed by atoms with Crippen molar-refractivity contribution >= 4 is 22.5 Å². The number of hydrogen-bond donors (Lipinski definition) is 1. The van der Waals surface area contributed by atoms with Gasteiger partial charge in [0.1, 0.15) is 18.1 Å². The van der Waals surface area contributed by atoms with Gasteiger partial charge in [0.05, 0.1) is 0 Å². The van der Waals surface area contributed by atoms with Gasteiger partial charge in [0.2, 0.25) is 11.8 Å². The van der Waals surface area contributed by atoms with Crippen LogP contribution in [0.3, 0.4) is 0 Å². The maximum absolute atomic E-state index is 13.0. The Bertz CT molecular complexity index is 1100. The Labute approximate surface area is 154 Å². The molecule has 0 bridgehead atoms. The number of halogens is 1. The van der Waals surface area contributed by atoms with Crippen molar-refractivity contribution in [3.63, 3.8) is 0 Å². The van der Waals surface area contributed by atoms with E-state index in [0.29, 0.717) is 29.6 Å². The number of hydrogen-bond acceptors (Lipinski definition) is 4. The molecule has 0 atom stereocenters. The average molecular weight is 364 g/mol. The second-order valence-electron chi connectivity index (χ2n) is 6.08. The van der Waals surface area contributed by atoms with Gasteiger partial charge in [-0.1, -0.05) is 25.1 Å². The van der Waals surface area contributed by atoms with Crippen LogP contribution in [0.15, 0.2) is 59.0 Å². The molecule has 2 aromatic carbocycles. The molecule has 0 spiro atoms. The van der Waals surface area contributed by atoms with Crippen LogP contribution in [-0.2, 0) is 17.8 Å². The molecule has 1 N–H and O–H groups in total. The van der Waals surface area contributed by atoms with Crippen molar-refractivity contribution < 1.29 is 13.6 Å². The summed E-state index contributed by atoms with van der Waals surface area (Å²) in [6.07, 6.45) is 0.637. The molecular weight excluding hydrogens is 347 g/mol. The molecule has 6 nitrogen and oxygen atoms in total. The lowest BCUT2D eigenvalue weighted by Crippen LogP contribution is -2.19. The zero-order valence-electron chi connectivity index (χ0n) is 14.6. The molecule has 2 aromatic heterocycles. The first kappa shape index (κ1) is 17.0. The van der Waals surface area contributed by atoms with Crippen molar-refractivity contribution in [1.82, 2.24) is 14.8 Å². The molecule has 2 heterocycles. The van der Waals surface area contributed by atoms with Gasteiger partial charge < -0.3 is 14.3 Å². The number of anilines is 1. The third-order valence-corrected chi connectivity index (χ3v) is 4.23. The Hall–Kier alpha value is -3.48. The molecule has 27 heavy (non-hydrogen) atoms. The highest BCUT2D eigenvalue weighted by Gasteiger charge is 2.18. The fourth-order valence-electron chi connectivity index (χ4n) is 2.94. The Morgan fingerprint density at radius 3 is 2.67 bits per heavy atom. The minimum absolute atomic E-state index is 0.0596. The van der Waals surface area contributed by atoms with E-state index in [9.17, 15) is 9.18 Å². The highest BCUT2D eigenvalue weighted by molar-refractivity contribution is 5.93. The Morgan fingerprint density at radius 2 is 1.93 bits per heavy atom. The van der Waals surface area contributed by atoms with Crippen molar-refractivity contribution in [3.8, 4) is 11.6 Å². The molecule has 0 fully saturated rings. The van der Waals surface area contributed by atoms with Crippen LogP contribution in [-0.4, -0.2) is 20.7 Å². The first-order valence-corrected chi connectivity index (χ1v) is 8.60. The zero-order chi connectivity index (χ0) is 18.8. The van der Waals surface area contributed by atoms with E-state index in [1.807, 2.05) is 41.8 Å². The number of amides is 1.